The summed E-state index contributed by atoms with van der Waals surface area (Å²) in [7, 11) is 0. The number of H-pyrrole nitrogens is 1. The van der Waals surface area contributed by atoms with Crippen LogP contribution in [0.15, 0.2) is 36.8 Å². The number of nitrogens with one attached hydrogen (secondary N) is 2. The van der Waals surface area contributed by atoms with Crippen LogP contribution >= 0.6 is 0 Å². The molecular weight excluding hydrogens is 312 g/mol. The maximum absolute atomic E-state index is 12.0. The van der Waals surface area contributed by atoms with Crippen LogP contribution in [0.5, 0.6) is 0 Å². The van der Waals surface area contributed by atoms with Crippen LogP contribution < -0.4 is 5.32 Å². The van der Waals surface area contributed by atoms with Crippen molar-refractivity contribution < 1.29 is 19.8 Å². The molecule has 1 aromatic heterocycles. The number of hydrogen-bond donors (Lipinski definition) is 4. The predicted molar refractivity (Wildman–Crippen MR) is 84.5 cm³/mol. The van der Waals surface area contributed by atoms with Gasteiger partial charge in [-0.05, 0) is 17.7 Å². The molecular formula is C16H18N4O4. The number of nitrogens with zero attached hydrogens (tertiary/aromatic N) is 2. The van der Waals surface area contributed by atoms with Gasteiger partial charge in [-0.2, -0.15) is 0 Å². The molecule has 1 aromatic carbocycles. The molecule has 2 heterocycles. The first-order valence-electron chi connectivity index (χ1n) is 7.55. The molecule has 3 rings (SSSR count). The molecule has 1 aliphatic rings. The van der Waals surface area contributed by atoms with Crippen molar-refractivity contribution in [2.75, 3.05) is 13.1 Å². The van der Waals surface area contributed by atoms with Crippen LogP contribution in [0, 0.1) is 0 Å². The van der Waals surface area contributed by atoms with Gasteiger partial charge in [-0.3, -0.25) is 9.69 Å². The van der Waals surface area contributed by atoms with Crippen molar-refractivity contribution in [3.8, 4) is 0 Å². The molecule has 0 spiro atoms. The minimum Gasteiger partial charge on any atom is -0.478 e. The number of rotatable bonds is 5. The van der Waals surface area contributed by atoms with Crippen LogP contribution in [0.4, 0.5) is 0 Å². The summed E-state index contributed by atoms with van der Waals surface area (Å²) >= 11 is 0. The third-order valence-electron chi connectivity index (χ3n) is 4.00. The van der Waals surface area contributed by atoms with E-state index >= 15 is 0 Å². The monoisotopic (exact) mass is 330 g/mol. The summed E-state index contributed by atoms with van der Waals surface area (Å²) in [5.74, 6) is -1.28. The number of aliphatic hydroxyl groups is 1. The molecule has 126 valence electrons. The third kappa shape index (κ3) is 3.61. The van der Waals surface area contributed by atoms with Gasteiger partial charge < -0.3 is 20.5 Å². The zero-order chi connectivity index (χ0) is 17.1. The van der Waals surface area contributed by atoms with E-state index in [1.54, 1.807) is 12.1 Å². The lowest BCUT2D eigenvalue weighted by Gasteiger charge is -2.16. The van der Waals surface area contributed by atoms with Gasteiger partial charge in [0, 0.05) is 19.6 Å². The number of aromatic nitrogens is 2. The van der Waals surface area contributed by atoms with Crippen LogP contribution in [0.1, 0.15) is 26.4 Å². The predicted octanol–water partition coefficient (Wildman–Crippen LogP) is 0.0830. The van der Waals surface area contributed by atoms with Crippen molar-refractivity contribution >= 4 is 11.9 Å². The molecule has 1 saturated heterocycles. The molecule has 1 fully saturated rings. The second kappa shape index (κ2) is 6.81. The van der Waals surface area contributed by atoms with Crippen LogP contribution in [-0.4, -0.2) is 62.2 Å². The van der Waals surface area contributed by atoms with E-state index in [0.29, 0.717) is 25.3 Å². The number of aromatic amines is 1. The highest BCUT2D eigenvalue weighted by Gasteiger charge is 2.32. The van der Waals surface area contributed by atoms with E-state index in [1.165, 1.54) is 18.6 Å². The Hall–Kier alpha value is -2.71. The lowest BCUT2D eigenvalue weighted by atomic mass is 10.1. The zero-order valence-corrected chi connectivity index (χ0v) is 12.8. The van der Waals surface area contributed by atoms with Gasteiger partial charge in [-0.1, -0.05) is 12.1 Å². The molecule has 0 unspecified atom stereocenters. The summed E-state index contributed by atoms with van der Waals surface area (Å²) in [6.45, 7) is 1.40. The molecule has 0 aliphatic carbocycles. The van der Waals surface area contributed by atoms with Crippen molar-refractivity contribution in [3.05, 3.63) is 53.6 Å². The first-order valence-corrected chi connectivity index (χ1v) is 7.55. The van der Waals surface area contributed by atoms with E-state index in [4.69, 9.17) is 5.11 Å². The van der Waals surface area contributed by atoms with E-state index < -0.39 is 12.1 Å². The lowest BCUT2D eigenvalue weighted by molar-refractivity contribution is 0.0696. The maximum Gasteiger partial charge on any atom is 0.335 e. The topological polar surface area (TPSA) is 119 Å². The van der Waals surface area contributed by atoms with Crippen molar-refractivity contribution in [1.29, 1.82) is 0 Å². The third-order valence-corrected chi connectivity index (χ3v) is 4.00. The molecule has 0 radical (unpaired) electrons. The average Bonchev–Trinajstić information content (AvgIpc) is 3.18. The van der Waals surface area contributed by atoms with E-state index in [9.17, 15) is 14.7 Å². The smallest absolute Gasteiger partial charge is 0.335 e. The van der Waals surface area contributed by atoms with Gasteiger partial charge in [-0.25, -0.2) is 9.78 Å². The number of aliphatic hydroxyl groups excluding tert-OH is 1. The highest BCUT2D eigenvalue weighted by molar-refractivity contribution is 5.92. The summed E-state index contributed by atoms with van der Waals surface area (Å²) in [6, 6.07) is 6.31. The number of benzene rings is 1. The maximum atomic E-state index is 12.0. The number of amides is 1. The average molecular weight is 330 g/mol. The largest absolute Gasteiger partial charge is 0.478 e. The standard InChI is InChI=1S/C16H18N4O4/c21-14-8-20(6-10-2-1-3-11(4-10)16(23)24)7-13(14)19-15(22)12-5-17-9-18-12/h1-5,9,13-14,21H,6-8H2,(H,17,18)(H,19,22)(H,23,24)/t13-,14-/m1/s1. The lowest BCUT2D eigenvalue weighted by Crippen LogP contribution is -2.42. The number of carbonyl (C=O) groups excluding carboxylic acids is 1. The second-order valence-corrected chi connectivity index (χ2v) is 5.81. The van der Waals surface area contributed by atoms with Gasteiger partial charge in [0.05, 0.1) is 30.2 Å². The van der Waals surface area contributed by atoms with Gasteiger partial charge in [0.2, 0.25) is 0 Å². The van der Waals surface area contributed by atoms with E-state index in [-0.39, 0.29) is 17.5 Å². The van der Waals surface area contributed by atoms with Gasteiger partial charge in [0.15, 0.2) is 0 Å². The second-order valence-electron chi connectivity index (χ2n) is 5.81. The Bertz CT molecular complexity index is 731. The fraction of sp³-hybridized carbons (Fsp3) is 0.312. The number of likely N-dealkylation sites (tertiary alicyclic amines) is 1. The fourth-order valence-electron chi connectivity index (χ4n) is 2.82. The van der Waals surface area contributed by atoms with Gasteiger partial charge in [0.1, 0.15) is 5.69 Å². The van der Waals surface area contributed by atoms with Gasteiger partial charge in [-0.15, -0.1) is 0 Å². The van der Waals surface area contributed by atoms with E-state index in [0.717, 1.165) is 5.56 Å². The van der Waals surface area contributed by atoms with Crippen LogP contribution in [0.3, 0.4) is 0 Å². The molecule has 8 heteroatoms. The minimum atomic E-state index is -0.969. The summed E-state index contributed by atoms with van der Waals surface area (Å²) in [4.78, 5) is 31.5. The van der Waals surface area contributed by atoms with Crippen LogP contribution in [0.2, 0.25) is 0 Å². The van der Waals surface area contributed by atoms with Gasteiger partial charge >= 0.3 is 5.97 Å². The number of carboxylic acids is 1. The molecule has 1 aliphatic heterocycles. The van der Waals surface area contributed by atoms with Crippen molar-refractivity contribution in [2.24, 2.45) is 0 Å². The van der Waals surface area contributed by atoms with Gasteiger partial charge in [0.25, 0.3) is 5.91 Å². The van der Waals surface area contributed by atoms with Crippen LogP contribution in [-0.2, 0) is 6.54 Å². The Morgan fingerprint density at radius 1 is 1.38 bits per heavy atom. The Kier molecular flexibility index (Phi) is 4.59. The molecule has 8 nitrogen and oxygen atoms in total. The highest BCUT2D eigenvalue weighted by atomic mass is 16.4. The Labute approximate surface area is 138 Å². The number of hydrogen-bond acceptors (Lipinski definition) is 5. The molecule has 24 heavy (non-hydrogen) atoms. The molecule has 1 amide bonds. The molecule has 0 saturated carbocycles. The fourth-order valence-corrected chi connectivity index (χ4v) is 2.82. The molecule has 2 aromatic rings. The normalized spacial score (nSPS) is 20.9. The molecule has 2 atom stereocenters. The Morgan fingerprint density at radius 2 is 2.21 bits per heavy atom. The summed E-state index contributed by atoms with van der Waals surface area (Å²) < 4.78 is 0. The zero-order valence-electron chi connectivity index (χ0n) is 12.8. The van der Waals surface area contributed by atoms with Crippen molar-refractivity contribution in [3.63, 3.8) is 0 Å². The minimum absolute atomic E-state index is 0.233. The summed E-state index contributed by atoms with van der Waals surface area (Å²) in [5, 5.41) is 22.0. The number of aromatic carboxylic acids is 1. The van der Waals surface area contributed by atoms with Crippen LogP contribution in [0.25, 0.3) is 0 Å². The highest BCUT2D eigenvalue weighted by Crippen LogP contribution is 2.16. The summed E-state index contributed by atoms with van der Waals surface area (Å²) in [6.07, 6.45) is 2.16. The Balaban J connectivity index is 1.60. The number of carboxylic acid groups (broad SMARTS) is 1. The first kappa shape index (κ1) is 16.2. The van der Waals surface area contributed by atoms with Crippen molar-refractivity contribution in [1.82, 2.24) is 20.2 Å². The number of imidazole rings is 1. The van der Waals surface area contributed by atoms with E-state index in [2.05, 4.69) is 15.3 Å². The number of β-amino-alcohol motifs (C(OH)–C–C–N with tert-alkyl or cyclic N) is 1. The van der Waals surface area contributed by atoms with E-state index in [1.807, 2.05) is 11.0 Å². The Morgan fingerprint density at radius 3 is 2.92 bits per heavy atom. The summed E-state index contributed by atoms with van der Waals surface area (Å²) in [5.41, 5.74) is 1.42. The quantitative estimate of drug-likeness (QED) is 0.617. The molecule has 4 N–H and O–H groups in total. The SMILES string of the molecule is O=C(O)c1cccc(CN2C[C@@H](O)[C@H](NC(=O)c3cnc[nH]3)C2)c1. The first-order chi connectivity index (χ1) is 11.5. The number of carbonyl (C=O) groups is 2. The molecule has 0 bridgehead atoms. The van der Waals surface area contributed by atoms with Crippen molar-refractivity contribution in [2.45, 2.75) is 18.7 Å².